The van der Waals surface area contributed by atoms with Crippen LogP contribution in [0.25, 0.3) is 0 Å². The van der Waals surface area contributed by atoms with Crippen LogP contribution >= 0.6 is 0 Å². The molecule has 0 aromatic rings. The molecule has 0 aliphatic heterocycles. The van der Waals surface area contributed by atoms with Crippen LogP contribution in [-0.4, -0.2) is 41.3 Å². The van der Waals surface area contributed by atoms with Crippen LogP contribution in [0.4, 0.5) is 13.2 Å². The molecule has 0 aromatic carbocycles. The molecule has 1 aliphatic rings. The summed E-state index contributed by atoms with van der Waals surface area (Å²) in [5.41, 5.74) is 0. The second-order valence-electron chi connectivity index (χ2n) is 4.80. The minimum Gasteiger partial charge on any atom is -0.480 e. The third kappa shape index (κ3) is 5.39. The maximum Gasteiger partial charge on any atom is 0.401 e. The summed E-state index contributed by atoms with van der Waals surface area (Å²) in [5, 5.41) is 8.63. The second-order valence-corrected chi connectivity index (χ2v) is 4.80. The molecule has 1 unspecified atom stereocenters. The summed E-state index contributed by atoms with van der Waals surface area (Å²) in [4.78, 5) is 11.6. The Morgan fingerprint density at radius 1 is 1.47 bits per heavy atom. The molecule has 1 aliphatic carbocycles. The first-order valence-corrected chi connectivity index (χ1v) is 5.80. The molecule has 0 heterocycles. The SMILES string of the molecule is CC(CC1CCC1)N(CC(=O)O)CC(F)(F)F. The number of hydrogen-bond donors (Lipinski definition) is 1. The first-order valence-electron chi connectivity index (χ1n) is 5.80. The number of hydrogen-bond acceptors (Lipinski definition) is 2. The zero-order valence-electron chi connectivity index (χ0n) is 9.83. The van der Waals surface area contributed by atoms with Crippen molar-refractivity contribution in [3.63, 3.8) is 0 Å². The molecule has 1 saturated carbocycles. The Labute approximate surface area is 98.6 Å². The smallest absolute Gasteiger partial charge is 0.401 e. The number of carbonyl (C=O) groups is 1. The Balaban J connectivity index is 2.50. The summed E-state index contributed by atoms with van der Waals surface area (Å²) >= 11 is 0. The third-order valence-corrected chi connectivity index (χ3v) is 3.24. The number of carboxylic acid groups (broad SMARTS) is 1. The van der Waals surface area contributed by atoms with Crippen molar-refractivity contribution < 1.29 is 23.1 Å². The van der Waals surface area contributed by atoms with Crippen LogP contribution in [0.5, 0.6) is 0 Å². The van der Waals surface area contributed by atoms with Crippen LogP contribution in [0, 0.1) is 5.92 Å². The molecule has 0 amide bonds. The Kier molecular flexibility index (Phi) is 4.80. The largest absolute Gasteiger partial charge is 0.480 e. The van der Waals surface area contributed by atoms with E-state index in [1.165, 1.54) is 0 Å². The highest BCUT2D eigenvalue weighted by atomic mass is 19.4. The van der Waals surface area contributed by atoms with Crippen molar-refractivity contribution in [2.75, 3.05) is 13.1 Å². The Bertz CT molecular complexity index is 264. The van der Waals surface area contributed by atoms with E-state index in [1.54, 1.807) is 6.92 Å². The van der Waals surface area contributed by atoms with Gasteiger partial charge in [-0.3, -0.25) is 9.69 Å². The van der Waals surface area contributed by atoms with Gasteiger partial charge in [-0.25, -0.2) is 0 Å². The molecule has 1 atom stereocenters. The van der Waals surface area contributed by atoms with Crippen LogP contribution in [0.1, 0.15) is 32.6 Å². The highest BCUT2D eigenvalue weighted by molar-refractivity contribution is 5.69. The molecule has 3 nitrogen and oxygen atoms in total. The van der Waals surface area contributed by atoms with Gasteiger partial charge in [-0.15, -0.1) is 0 Å². The lowest BCUT2D eigenvalue weighted by atomic mass is 9.81. The highest BCUT2D eigenvalue weighted by Gasteiger charge is 2.34. The first-order chi connectivity index (χ1) is 7.78. The molecule has 1 N–H and O–H groups in total. The first kappa shape index (κ1) is 14.3. The predicted octanol–water partition coefficient (Wildman–Crippen LogP) is 2.51. The number of rotatable bonds is 6. The molecular formula is C11H18F3NO2. The summed E-state index contributed by atoms with van der Waals surface area (Å²) < 4.78 is 36.9. The van der Waals surface area contributed by atoms with Crippen molar-refractivity contribution in [3.05, 3.63) is 0 Å². The van der Waals surface area contributed by atoms with Gasteiger partial charge in [0, 0.05) is 6.04 Å². The third-order valence-electron chi connectivity index (χ3n) is 3.24. The van der Waals surface area contributed by atoms with E-state index in [0.29, 0.717) is 12.3 Å². The topological polar surface area (TPSA) is 40.5 Å². The molecule has 6 heteroatoms. The van der Waals surface area contributed by atoms with E-state index in [2.05, 4.69) is 0 Å². The van der Waals surface area contributed by atoms with Crippen molar-refractivity contribution in [1.29, 1.82) is 0 Å². The summed E-state index contributed by atoms with van der Waals surface area (Å²) in [7, 11) is 0. The van der Waals surface area contributed by atoms with Gasteiger partial charge in [-0.05, 0) is 19.3 Å². The van der Waals surface area contributed by atoms with E-state index in [9.17, 15) is 18.0 Å². The number of nitrogens with zero attached hydrogens (tertiary/aromatic N) is 1. The van der Waals surface area contributed by atoms with Crippen molar-refractivity contribution in [2.24, 2.45) is 5.92 Å². The highest BCUT2D eigenvalue weighted by Crippen LogP contribution is 2.32. The molecule has 0 radical (unpaired) electrons. The standard InChI is InChI=1S/C11H18F3NO2/c1-8(5-9-3-2-4-9)15(6-10(16)17)7-11(12,13)14/h8-9H,2-7H2,1H3,(H,16,17). The van der Waals surface area contributed by atoms with Crippen LogP contribution in [0.2, 0.25) is 0 Å². The second kappa shape index (κ2) is 5.71. The molecule has 0 saturated heterocycles. The van der Waals surface area contributed by atoms with Crippen molar-refractivity contribution in [3.8, 4) is 0 Å². The number of aliphatic carboxylic acids is 1. The van der Waals surface area contributed by atoms with E-state index in [0.717, 1.165) is 24.2 Å². The van der Waals surface area contributed by atoms with Crippen LogP contribution in [0.3, 0.4) is 0 Å². The van der Waals surface area contributed by atoms with Crippen molar-refractivity contribution in [1.82, 2.24) is 4.90 Å². The van der Waals surface area contributed by atoms with E-state index in [1.807, 2.05) is 0 Å². The summed E-state index contributed by atoms with van der Waals surface area (Å²) in [6, 6.07) is -0.335. The maximum atomic E-state index is 12.3. The summed E-state index contributed by atoms with van der Waals surface area (Å²) in [6.07, 6.45) is -0.448. The van der Waals surface area contributed by atoms with Gasteiger partial charge in [-0.2, -0.15) is 13.2 Å². The maximum absolute atomic E-state index is 12.3. The molecule has 0 bridgehead atoms. The average Bonchev–Trinajstić information content (AvgIpc) is 2.06. The molecule has 0 spiro atoms. The number of carboxylic acids is 1. The number of alkyl halides is 3. The summed E-state index contributed by atoms with van der Waals surface area (Å²) in [6.45, 7) is -0.0203. The number of halogens is 3. The van der Waals surface area contributed by atoms with E-state index in [-0.39, 0.29) is 6.04 Å². The van der Waals surface area contributed by atoms with Gasteiger partial charge in [0.1, 0.15) is 0 Å². The zero-order chi connectivity index (χ0) is 13.1. The van der Waals surface area contributed by atoms with Gasteiger partial charge in [0.25, 0.3) is 0 Å². The zero-order valence-corrected chi connectivity index (χ0v) is 9.83. The lowest BCUT2D eigenvalue weighted by Crippen LogP contribution is -2.44. The minimum absolute atomic E-state index is 0.335. The van der Waals surface area contributed by atoms with E-state index >= 15 is 0 Å². The molecule has 100 valence electrons. The molecule has 1 rings (SSSR count). The molecular weight excluding hydrogens is 235 g/mol. The quantitative estimate of drug-likeness (QED) is 0.790. The van der Waals surface area contributed by atoms with Crippen LogP contribution in [0.15, 0.2) is 0 Å². The van der Waals surface area contributed by atoms with Gasteiger partial charge in [0.2, 0.25) is 0 Å². The van der Waals surface area contributed by atoms with Crippen molar-refractivity contribution in [2.45, 2.75) is 44.8 Å². The predicted molar refractivity (Wildman–Crippen MR) is 56.7 cm³/mol. The van der Waals surface area contributed by atoms with E-state index in [4.69, 9.17) is 5.11 Å². The molecule has 0 aromatic heterocycles. The fourth-order valence-electron chi connectivity index (χ4n) is 2.13. The van der Waals surface area contributed by atoms with Gasteiger partial charge in [0.15, 0.2) is 0 Å². The Morgan fingerprint density at radius 2 is 2.06 bits per heavy atom. The van der Waals surface area contributed by atoms with Gasteiger partial charge in [-0.1, -0.05) is 19.3 Å². The van der Waals surface area contributed by atoms with E-state index < -0.39 is 25.2 Å². The fraction of sp³-hybridized carbons (Fsp3) is 0.909. The van der Waals surface area contributed by atoms with Crippen molar-refractivity contribution >= 4 is 5.97 Å². The average molecular weight is 253 g/mol. The van der Waals surface area contributed by atoms with Crippen LogP contribution < -0.4 is 0 Å². The normalized spacial score (nSPS) is 19.1. The molecule has 17 heavy (non-hydrogen) atoms. The van der Waals surface area contributed by atoms with Gasteiger partial charge in [0.05, 0.1) is 13.1 Å². The van der Waals surface area contributed by atoms with Crippen LogP contribution in [-0.2, 0) is 4.79 Å². The molecule has 1 fully saturated rings. The lowest BCUT2D eigenvalue weighted by Gasteiger charge is -2.34. The minimum atomic E-state index is -4.34. The Morgan fingerprint density at radius 3 is 2.41 bits per heavy atom. The Hall–Kier alpha value is -0.780. The monoisotopic (exact) mass is 253 g/mol. The fourth-order valence-corrected chi connectivity index (χ4v) is 2.13. The van der Waals surface area contributed by atoms with Gasteiger partial charge < -0.3 is 5.11 Å². The summed E-state index contributed by atoms with van der Waals surface area (Å²) in [5.74, 6) is -0.746. The lowest BCUT2D eigenvalue weighted by molar-refractivity contribution is -0.158. The van der Waals surface area contributed by atoms with Gasteiger partial charge >= 0.3 is 12.1 Å².